The number of piperidine rings is 1. The molecule has 5 nitrogen and oxygen atoms in total. The summed E-state index contributed by atoms with van der Waals surface area (Å²) >= 11 is 1.61. The minimum Gasteiger partial charge on any atom is -0.481 e. The quantitative estimate of drug-likeness (QED) is 0.352. The average Bonchev–Trinajstić information content (AvgIpc) is 2.87. The number of thioether (sulfide) groups is 1. The minimum atomic E-state index is -3.90. The Balaban J connectivity index is 1.64. The van der Waals surface area contributed by atoms with Crippen molar-refractivity contribution >= 4 is 27.8 Å². The number of sulfonamides is 1. The summed E-state index contributed by atoms with van der Waals surface area (Å²) in [6, 6.07) is 22.7. The molecule has 0 spiro atoms. The van der Waals surface area contributed by atoms with E-state index in [9.17, 15) is 18.3 Å². The van der Waals surface area contributed by atoms with Gasteiger partial charge in [-0.3, -0.25) is 4.79 Å². The van der Waals surface area contributed by atoms with Crippen LogP contribution in [0.3, 0.4) is 0 Å². The van der Waals surface area contributed by atoms with E-state index in [2.05, 4.69) is 45.0 Å². The van der Waals surface area contributed by atoms with Gasteiger partial charge >= 0.3 is 5.97 Å². The molecule has 3 aromatic rings. The molecule has 7 heteroatoms. The van der Waals surface area contributed by atoms with Crippen LogP contribution in [0.5, 0.6) is 0 Å². The van der Waals surface area contributed by atoms with E-state index < -0.39 is 28.0 Å². The number of aliphatic carboxylic acids is 1. The molecule has 1 N–H and O–H groups in total. The van der Waals surface area contributed by atoms with Crippen LogP contribution >= 0.6 is 11.8 Å². The van der Waals surface area contributed by atoms with Gasteiger partial charge in [-0.1, -0.05) is 92.6 Å². The van der Waals surface area contributed by atoms with Crippen molar-refractivity contribution in [3.05, 3.63) is 101 Å². The molecular weight excluding hydrogens is 514 g/mol. The lowest BCUT2D eigenvalue weighted by Crippen LogP contribution is -2.49. The van der Waals surface area contributed by atoms with Crippen LogP contribution in [0.2, 0.25) is 0 Å². The molecule has 0 bridgehead atoms. The summed E-state index contributed by atoms with van der Waals surface area (Å²) < 4.78 is 29.1. The van der Waals surface area contributed by atoms with E-state index in [1.807, 2.05) is 38.1 Å². The molecule has 3 atom stereocenters. The summed E-state index contributed by atoms with van der Waals surface area (Å²) in [5, 5.41) is 9.95. The van der Waals surface area contributed by atoms with Gasteiger partial charge in [-0.05, 0) is 54.5 Å². The fraction of sp³-hybridized carbons (Fsp3) is 0.387. The van der Waals surface area contributed by atoms with Crippen LogP contribution in [0, 0.1) is 19.8 Å². The highest BCUT2D eigenvalue weighted by atomic mass is 32.2. The number of carboxylic acids is 1. The molecule has 0 aliphatic carbocycles. The summed E-state index contributed by atoms with van der Waals surface area (Å²) in [7, 11) is -3.90. The van der Waals surface area contributed by atoms with Crippen molar-refractivity contribution in [1.82, 2.24) is 4.31 Å². The molecule has 0 radical (unpaired) electrons. The van der Waals surface area contributed by atoms with Gasteiger partial charge in [-0.15, -0.1) is 0 Å². The van der Waals surface area contributed by atoms with Crippen molar-refractivity contribution in [3.8, 4) is 0 Å². The lowest BCUT2D eigenvalue weighted by atomic mass is 9.87. The highest BCUT2D eigenvalue weighted by Crippen LogP contribution is 2.43. The first-order valence-corrected chi connectivity index (χ1v) is 15.4. The van der Waals surface area contributed by atoms with Crippen LogP contribution in [0.25, 0.3) is 0 Å². The molecule has 1 aliphatic rings. The standard InChI is InChI=1S/C31H37NO4S2/c1-21-6-12-24(13-7-21)28-18-29(37-20-23-10-14-25(15-11-23)31(3,4)5)27(30(33)34)19-32(28)38(35,36)26-16-8-22(2)9-17-26/h6-17,27-29H,18-20H2,1-5H3,(H,33,34)/t27-,28+,29-/m1/s1. The van der Waals surface area contributed by atoms with E-state index in [1.54, 1.807) is 36.0 Å². The predicted octanol–water partition coefficient (Wildman–Crippen LogP) is 6.74. The topological polar surface area (TPSA) is 74.7 Å². The first kappa shape index (κ1) is 28.4. The number of hydrogen-bond acceptors (Lipinski definition) is 4. The normalized spacial score (nSPS) is 20.8. The van der Waals surface area contributed by atoms with Gasteiger partial charge < -0.3 is 5.11 Å². The molecular formula is C31H37NO4S2. The second-order valence-corrected chi connectivity index (χ2v) is 14.4. The predicted molar refractivity (Wildman–Crippen MR) is 155 cm³/mol. The molecule has 0 unspecified atom stereocenters. The molecule has 0 aromatic heterocycles. The lowest BCUT2D eigenvalue weighted by Gasteiger charge is -2.42. The number of nitrogens with zero attached hydrogens (tertiary/aromatic N) is 1. The third-order valence-corrected chi connectivity index (χ3v) is 10.7. The molecule has 1 aliphatic heterocycles. The van der Waals surface area contributed by atoms with Gasteiger partial charge in [0.15, 0.2) is 0 Å². The van der Waals surface area contributed by atoms with Crippen molar-refractivity contribution < 1.29 is 18.3 Å². The lowest BCUT2D eigenvalue weighted by molar-refractivity contribution is -0.143. The van der Waals surface area contributed by atoms with Gasteiger partial charge in [0, 0.05) is 17.5 Å². The highest BCUT2D eigenvalue weighted by molar-refractivity contribution is 7.99. The Morgan fingerprint density at radius 3 is 2.00 bits per heavy atom. The van der Waals surface area contributed by atoms with Crippen LogP contribution in [-0.2, 0) is 26.0 Å². The molecule has 0 saturated carbocycles. The van der Waals surface area contributed by atoms with Crippen molar-refractivity contribution in [2.24, 2.45) is 5.92 Å². The van der Waals surface area contributed by atoms with Crippen molar-refractivity contribution in [2.45, 2.75) is 68.4 Å². The average molecular weight is 552 g/mol. The first-order valence-electron chi connectivity index (χ1n) is 12.9. The van der Waals surface area contributed by atoms with Crippen molar-refractivity contribution in [2.75, 3.05) is 6.54 Å². The Morgan fingerprint density at radius 2 is 1.47 bits per heavy atom. The van der Waals surface area contributed by atoms with Gasteiger partial charge in [-0.2, -0.15) is 16.1 Å². The van der Waals surface area contributed by atoms with E-state index in [0.29, 0.717) is 12.2 Å². The Labute approximate surface area is 231 Å². The molecule has 38 heavy (non-hydrogen) atoms. The van der Waals surface area contributed by atoms with E-state index in [4.69, 9.17) is 0 Å². The monoisotopic (exact) mass is 551 g/mol. The Kier molecular flexibility index (Phi) is 8.40. The summed E-state index contributed by atoms with van der Waals surface area (Å²) in [4.78, 5) is 12.6. The van der Waals surface area contributed by atoms with Crippen molar-refractivity contribution in [1.29, 1.82) is 0 Å². The Morgan fingerprint density at radius 1 is 0.921 bits per heavy atom. The number of aryl methyl sites for hydroxylation is 2. The number of benzene rings is 3. The molecule has 3 aromatic carbocycles. The largest absolute Gasteiger partial charge is 0.481 e. The summed E-state index contributed by atoms with van der Waals surface area (Å²) in [6.07, 6.45) is 0.426. The van der Waals surface area contributed by atoms with Crippen LogP contribution in [0.4, 0.5) is 0 Å². The number of hydrogen-bond donors (Lipinski definition) is 1. The molecule has 1 heterocycles. The van der Waals surface area contributed by atoms with Crippen LogP contribution in [0.1, 0.15) is 61.1 Å². The van der Waals surface area contributed by atoms with E-state index in [1.165, 1.54) is 9.87 Å². The van der Waals surface area contributed by atoms with E-state index >= 15 is 0 Å². The van der Waals surface area contributed by atoms with Crippen LogP contribution < -0.4 is 0 Å². The Hall–Kier alpha value is -2.61. The maximum atomic E-state index is 13.8. The smallest absolute Gasteiger partial charge is 0.308 e. The van der Waals surface area contributed by atoms with Crippen LogP contribution in [0.15, 0.2) is 77.7 Å². The number of rotatable bonds is 7. The summed E-state index contributed by atoms with van der Waals surface area (Å²) in [6.45, 7) is 10.4. The molecule has 0 amide bonds. The number of carboxylic acid groups (broad SMARTS) is 1. The van der Waals surface area contributed by atoms with E-state index in [0.717, 1.165) is 22.3 Å². The second-order valence-electron chi connectivity index (χ2n) is 11.3. The van der Waals surface area contributed by atoms with Gasteiger partial charge in [0.2, 0.25) is 10.0 Å². The maximum Gasteiger partial charge on any atom is 0.308 e. The van der Waals surface area contributed by atoms with Crippen LogP contribution in [-0.4, -0.2) is 35.6 Å². The fourth-order valence-corrected chi connectivity index (χ4v) is 7.87. The molecule has 1 saturated heterocycles. The zero-order valence-electron chi connectivity index (χ0n) is 22.7. The van der Waals surface area contributed by atoms with Gasteiger partial charge in [0.1, 0.15) is 0 Å². The fourth-order valence-electron chi connectivity index (χ4n) is 4.87. The van der Waals surface area contributed by atoms with E-state index in [-0.39, 0.29) is 22.1 Å². The second kappa shape index (κ2) is 11.2. The molecule has 4 rings (SSSR count). The third-order valence-electron chi connectivity index (χ3n) is 7.32. The van der Waals surface area contributed by atoms with Gasteiger partial charge in [0.05, 0.1) is 16.9 Å². The SMILES string of the molecule is Cc1ccc([C@@H]2C[C@@H](SCc3ccc(C(C)(C)C)cc3)[C@H](C(=O)O)CN2S(=O)(=O)c2ccc(C)cc2)cc1. The van der Waals surface area contributed by atoms with Gasteiger partial charge in [-0.25, -0.2) is 8.42 Å². The third kappa shape index (κ3) is 6.33. The zero-order valence-corrected chi connectivity index (χ0v) is 24.4. The Bertz CT molecular complexity index is 1360. The molecule has 1 fully saturated rings. The summed E-state index contributed by atoms with van der Waals surface area (Å²) in [5.41, 5.74) is 5.39. The maximum absolute atomic E-state index is 13.8. The minimum absolute atomic E-state index is 0.0648. The first-order chi connectivity index (χ1) is 17.9. The van der Waals surface area contributed by atoms with Gasteiger partial charge in [0.25, 0.3) is 0 Å². The summed E-state index contributed by atoms with van der Waals surface area (Å²) in [5.74, 6) is -1.10. The highest BCUT2D eigenvalue weighted by Gasteiger charge is 2.45. The molecule has 202 valence electrons. The van der Waals surface area contributed by atoms with Crippen molar-refractivity contribution in [3.63, 3.8) is 0 Å². The number of carbonyl (C=O) groups is 1. The zero-order chi connectivity index (χ0) is 27.7.